The Labute approximate surface area is 147 Å². The lowest BCUT2D eigenvalue weighted by Crippen LogP contribution is -3.20. The van der Waals surface area contributed by atoms with E-state index in [2.05, 4.69) is 6.92 Å². The number of halogens is 2. The zero-order chi connectivity index (χ0) is 17.3. The summed E-state index contributed by atoms with van der Waals surface area (Å²) in [5, 5.41) is 0. The van der Waals surface area contributed by atoms with Crippen molar-refractivity contribution in [3.63, 3.8) is 0 Å². The molecule has 0 amide bonds. The van der Waals surface area contributed by atoms with Gasteiger partial charge < -0.3 is 9.64 Å². The molecule has 2 unspecified atom stereocenters. The lowest BCUT2D eigenvalue weighted by Gasteiger charge is -2.51. The molecule has 134 valence electrons. The van der Waals surface area contributed by atoms with Gasteiger partial charge in [0.1, 0.15) is 0 Å². The summed E-state index contributed by atoms with van der Waals surface area (Å²) >= 11 is 0. The van der Waals surface area contributed by atoms with E-state index in [1.165, 1.54) is 50.1 Å². The Hall–Kier alpha value is -1.42. The molecule has 1 N–H and O–H groups in total. The highest BCUT2D eigenvalue weighted by molar-refractivity contribution is 5.78. The first-order valence-electron chi connectivity index (χ1n) is 9.74. The molecule has 0 radical (unpaired) electrons. The van der Waals surface area contributed by atoms with Crippen molar-refractivity contribution >= 4 is 5.57 Å². The van der Waals surface area contributed by atoms with Crippen molar-refractivity contribution in [2.45, 2.75) is 45.1 Å². The van der Waals surface area contributed by atoms with Gasteiger partial charge in [-0.2, -0.15) is 0 Å². The molecule has 3 heterocycles. The molecule has 2 nitrogen and oxygen atoms in total. The van der Waals surface area contributed by atoms with Gasteiger partial charge in [0.15, 0.2) is 17.4 Å². The number of piperidine rings is 2. The standard InChI is InChI=1S/C21H25F2NO/c1-3-12-6-11-7-16-15-8-13-9-17(22)21(25-2)19(23)18(13)14(15)4-5-24(10-11)20(12)16/h9,11-12,16,20H,3-8,10H2,1-2H3/p+1/t11-,12+,16+,20?/m1/s1. The summed E-state index contributed by atoms with van der Waals surface area (Å²) < 4.78 is 34.2. The summed E-state index contributed by atoms with van der Waals surface area (Å²) in [6, 6.07) is 2.20. The summed E-state index contributed by atoms with van der Waals surface area (Å²) in [5.41, 5.74) is 4.08. The Balaban J connectivity index is 1.63. The van der Waals surface area contributed by atoms with Crippen LogP contribution in [0.5, 0.6) is 5.75 Å². The third-order valence-electron chi connectivity index (χ3n) is 7.39. The van der Waals surface area contributed by atoms with Crippen molar-refractivity contribution in [2.75, 3.05) is 20.2 Å². The van der Waals surface area contributed by atoms with Crippen LogP contribution in [0.25, 0.3) is 5.57 Å². The van der Waals surface area contributed by atoms with E-state index < -0.39 is 11.6 Å². The fourth-order valence-electron chi connectivity index (χ4n) is 6.55. The van der Waals surface area contributed by atoms with E-state index in [-0.39, 0.29) is 5.75 Å². The fourth-order valence-corrected chi connectivity index (χ4v) is 6.55. The molecule has 4 bridgehead atoms. The molecule has 1 saturated carbocycles. The van der Waals surface area contributed by atoms with E-state index in [1.807, 2.05) is 0 Å². The van der Waals surface area contributed by atoms with Crippen LogP contribution in [-0.4, -0.2) is 26.2 Å². The normalized spacial score (nSPS) is 35.4. The number of benzene rings is 1. The maximum absolute atomic E-state index is 15.0. The van der Waals surface area contributed by atoms with Crippen LogP contribution in [0.1, 0.15) is 43.7 Å². The second-order valence-corrected chi connectivity index (χ2v) is 8.42. The Bertz CT molecular complexity index is 772. The number of rotatable bonds is 2. The third-order valence-corrected chi connectivity index (χ3v) is 7.39. The summed E-state index contributed by atoms with van der Waals surface area (Å²) in [6.07, 6.45) is 5.51. The summed E-state index contributed by atoms with van der Waals surface area (Å²) in [4.78, 5) is 1.74. The lowest BCUT2D eigenvalue weighted by molar-refractivity contribution is -0.947. The van der Waals surface area contributed by atoms with Gasteiger partial charge in [0, 0.05) is 29.7 Å². The van der Waals surface area contributed by atoms with Crippen molar-refractivity contribution in [1.29, 1.82) is 0 Å². The highest BCUT2D eigenvalue weighted by atomic mass is 19.1. The monoisotopic (exact) mass is 346 g/mol. The molecular weight excluding hydrogens is 320 g/mol. The molecule has 5 atom stereocenters. The van der Waals surface area contributed by atoms with Gasteiger partial charge in [0.25, 0.3) is 0 Å². The summed E-state index contributed by atoms with van der Waals surface area (Å²) in [5.74, 6) is 0.883. The smallest absolute Gasteiger partial charge is 0.191 e. The molecule has 1 aromatic carbocycles. The maximum Gasteiger partial charge on any atom is 0.191 e. The Kier molecular flexibility index (Phi) is 3.50. The average Bonchev–Trinajstić information content (AvgIpc) is 2.93. The molecule has 0 aromatic heterocycles. The molecule has 5 aliphatic rings. The molecule has 4 heteroatoms. The van der Waals surface area contributed by atoms with Crippen LogP contribution in [0.4, 0.5) is 8.78 Å². The molecule has 2 aliphatic carbocycles. The van der Waals surface area contributed by atoms with Crippen molar-refractivity contribution in [1.82, 2.24) is 0 Å². The Morgan fingerprint density at radius 3 is 2.88 bits per heavy atom. The minimum absolute atomic E-state index is 0.222. The molecule has 2 saturated heterocycles. The molecule has 6 rings (SSSR count). The Morgan fingerprint density at radius 2 is 2.12 bits per heavy atom. The number of fused-ring (bicyclic) bond motifs is 3. The largest absolute Gasteiger partial charge is 0.491 e. The van der Waals surface area contributed by atoms with Crippen molar-refractivity contribution < 1.29 is 18.4 Å². The minimum atomic E-state index is -0.569. The molecular formula is C21H26F2NO+. The predicted molar refractivity (Wildman–Crippen MR) is 92.6 cm³/mol. The number of hydrogen-bond donors (Lipinski definition) is 1. The highest BCUT2D eigenvalue weighted by Gasteiger charge is 2.53. The second kappa shape index (κ2) is 5.54. The van der Waals surface area contributed by atoms with Crippen LogP contribution in [-0.2, 0) is 6.42 Å². The van der Waals surface area contributed by atoms with E-state index in [0.29, 0.717) is 17.5 Å². The van der Waals surface area contributed by atoms with E-state index in [9.17, 15) is 4.39 Å². The average molecular weight is 346 g/mol. The highest BCUT2D eigenvalue weighted by Crippen LogP contribution is 2.49. The minimum Gasteiger partial charge on any atom is -0.491 e. The molecule has 0 spiro atoms. The van der Waals surface area contributed by atoms with Crippen LogP contribution in [0.3, 0.4) is 0 Å². The molecule has 3 fully saturated rings. The third kappa shape index (κ3) is 2.09. The zero-order valence-electron chi connectivity index (χ0n) is 15.0. The first kappa shape index (κ1) is 15.8. The second-order valence-electron chi connectivity index (χ2n) is 8.42. The van der Waals surface area contributed by atoms with Crippen molar-refractivity contribution in [3.05, 3.63) is 34.4 Å². The SMILES string of the molecule is CC[C@H]1C[C@@H]2C[C@H]3C4=C(CC[NH+](C2)C13)c1c(cc(F)c(OC)c1F)C4. The zero-order valence-corrected chi connectivity index (χ0v) is 15.0. The fraction of sp³-hybridized carbons (Fsp3) is 0.619. The maximum atomic E-state index is 15.0. The van der Waals surface area contributed by atoms with E-state index in [0.717, 1.165) is 36.8 Å². The van der Waals surface area contributed by atoms with Crippen molar-refractivity contribution in [3.8, 4) is 5.75 Å². The van der Waals surface area contributed by atoms with E-state index in [4.69, 9.17) is 4.74 Å². The van der Waals surface area contributed by atoms with Crippen LogP contribution >= 0.6 is 0 Å². The number of nitrogens with one attached hydrogen (secondary N) is 1. The summed E-state index contributed by atoms with van der Waals surface area (Å²) in [6.45, 7) is 4.70. The number of ether oxygens (including phenoxy) is 1. The number of hydrogen-bond acceptors (Lipinski definition) is 1. The van der Waals surface area contributed by atoms with Crippen molar-refractivity contribution in [2.24, 2.45) is 17.8 Å². The van der Waals surface area contributed by atoms with Gasteiger partial charge in [-0.15, -0.1) is 0 Å². The molecule has 1 aromatic rings. The van der Waals surface area contributed by atoms with Gasteiger partial charge >= 0.3 is 0 Å². The van der Waals surface area contributed by atoms with Gasteiger partial charge in [-0.1, -0.05) is 12.5 Å². The van der Waals surface area contributed by atoms with Gasteiger partial charge in [0.05, 0.1) is 26.2 Å². The molecule has 25 heavy (non-hydrogen) atoms. The van der Waals surface area contributed by atoms with E-state index in [1.54, 1.807) is 4.90 Å². The first-order chi connectivity index (χ1) is 12.1. The first-order valence-corrected chi connectivity index (χ1v) is 9.74. The van der Waals surface area contributed by atoms with Crippen LogP contribution in [0.2, 0.25) is 0 Å². The van der Waals surface area contributed by atoms with Gasteiger partial charge in [0.2, 0.25) is 0 Å². The summed E-state index contributed by atoms with van der Waals surface area (Å²) in [7, 11) is 1.35. The topological polar surface area (TPSA) is 13.7 Å². The van der Waals surface area contributed by atoms with Crippen LogP contribution in [0, 0.1) is 29.4 Å². The predicted octanol–water partition coefficient (Wildman–Crippen LogP) is 3.01. The number of quaternary nitrogens is 1. The quantitative estimate of drug-likeness (QED) is 0.869. The van der Waals surface area contributed by atoms with Gasteiger partial charge in [-0.05, 0) is 42.9 Å². The lowest BCUT2D eigenvalue weighted by atomic mass is 9.64. The van der Waals surface area contributed by atoms with E-state index >= 15 is 4.39 Å². The Morgan fingerprint density at radius 1 is 1.28 bits per heavy atom. The van der Waals surface area contributed by atoms with Gasteiger partial charge in [-0.25, -0.2) is 8.78 Å². The number of methoxy groups -OCH3 is 1. The molecule has 3 aliphatic heterocycles. The van der Waals surface area contributed by atoms with Crippen LogP contribution in [0.15, 0.2) is 11.6 Å². The van der Waals surface area contributed by atoms with Crippen LogP contribution < -0.4 is 9.64 Å². The van der Waals surface area contributed by atoms with Gasteiger partial charge in [-0.3, -0.25) is 0 Å².